The van der Waals surface area contributed by atoms with E-state index in [1.807, 2.05) is 18.4 Å². The predicted octanol–water partition coefficient (Wildman–Crippen LogP) is 3.85. The Kier molecular flexibility index (Phi) is 4.57. The zero-order chi connectivity index (χ0) is 13.0. The van der Waals surface area contributed by atoms with Gasteiger partial charge in [0, 0.05) is 13.0 Å². The average molecular weight is 266 g/mol. The summed E-state index contributed by atoms with van der Waals surface area (Å²) in [5.41, 5.74) is 0.631. The fraction of sp³-hybridized carbons (Fsp3) is 0.667. The molecule has 1 saturated carbocycles. The van der Waals surface area contributed by atoms with Crippen molar-refractivity contribution in [3.63, 3.8) is 0 Å². The molecule has 0 N–H and O–H groups in total. The molecule has 100 valence electrons. The first-order chi connectivity index (χ1) is 8.66. The van der Waals surface area contributed by atoms with Crippen LogP contribution in [0.4, 0.5) is 0 Å². The van der Waals surface area contributed by atoms with Gasteiger partial charge in [0.2, 0.25) is 0 Å². The van der Waals surface area contributed by atoms with Crippen molar-refractivity contribution in [1.82, 2.24) is 0 Å². The van der Waals surface area contributed by atoms with Crippen LogP contribution in [0.25, 0.3) is 0 Å². The quantitative estimate of drug-likeness (QED) is 0.809. The topological polar surface area (TPSA) is 26.3 Å². The van der Waals surface area contributed by atoms with Crippen LogP contribution in [-0.4, -0.2) is 18.0 Å². The monoisotopic (exact) mass is 266 g/mol. The molecule has 2 nitrogen and oxygen atoms in total. The first-order valence-corrected chi connectivity index (χ1v) is 7.79. The number of rotatable bonds is 5. The number of carbonyl (C=O) groups excluding carboxylic acids is 1. The highest BCUT2D eigenvalue weighted by atomic mass is 32.1. The Labute approximate surface area is 113 Å². The molecule has 0 saturated heterocycles. The molecule has 1 heterocycles. The van der Waals surface area contributed by atoms with Crippen LogP contribution in [0, 0.1) is 5.92 Å². The first kappa shape index (κ1) is 13.8. The van der Waals surface area contributed by atoms with Crippen LogP contribution in [0.3, 0.4) is 0 Å². The van der Waals surface area contributed by atoms with Gasteiger partial charge in [0.1, 0.15) is 5.60 Å². The van der Waals surface area contributed by atoms with Crippen molar-refractivity contribution in [2.24, 2.45) is 5.92 Å². The Bertz CT molecular complexity index is 375. The van der Waals surface area contributed by atoms with Crippen LogP contribution in [0.1, 0.15) is 45.1 Å². The van der Waals surface area contributed by atoms with Crippen LogP contribution in [-0.2, 0) is 16.0 Å². The number of hydrogen-bond donors (Lipinski definition) is 0. The van der Waals surface area contributed by atoms with Crippen molar-refractivity contribution in [3.8, 4) is 0 Å². The smallest absolute Gasteiger partial charge is 0.168 e. The molecule has 0 aromatic carbocycles. The van der Waals surface area contributed by atoms with Gasteiger partial charge in [-0.1, -0.05) is 6.92 Å². The minimum absolute atomic E-state index is 0.273. The number of carbonyl (C=O) groups is 1. The molecule has 1 aliphatic carbocycles. The van der Waals surface area contributed by atoms with Gasteiger partial charge in [0.25, 0.3) is 0 Å². The Morgan fingerprint density at radius 3 is 2.78 bits per heavy atom. The van der Waals surface area contributed by atoms with E-state index < -0.39 is 5.60 Å². The molecule has 1 aromatic rings. The third-order valence-electron chi connectivity index (χ3n) is 3.96. The number of hydrogen-bond acceptors (Lipinski definition) is 3. The largest absolute Gasteiger partial charge is 0.367 e. The molecule has 3 heteroatoms. The second kappa shape index (κ2) is 5.98. The average Bonchev–Trinajstić information content (AvgIpc) is 2.85. The van der Waals surface area contributed by atoms with Crippen LogP contribution >= 0.6 is 11.3 Å². The van der Waals surface area contributed by atoms with Gasteiger partial charge in [-0.15, -0.1) is 0 Å². The van der Waals surface area contributed by atoms with E-state index in [0.29, 0.717) is 13.0 Å². The number of ketones is 1. The van der Waals surface area contributed by atoms with Crippen molar-refractivity contribution < 1.29 is 9.53 Å². The van der Waals surface area contributed by atoms with Gasteiger partial charge in [-0.2, -0.15) is 11.3 Å². The molecule has 0 spiro atoms. The standard InChI is InChI=1S/C15H22O2S/c1-3-17-15(7-4-12(2)5-8-15)14(16)10-13-6-9-18-11-13/h6,9,11-12H,3-5,7-8,10H2,1-2H3. The lowest BCUT2D eigenvalue weighted by Crippen LogP contribution is -2.45. The van der Waals surface area contributed by atoms with Crippen molar-refractivity contribution in [2.75, 3.05) is 6.61 Å². The lowest BCUT2D eigenvalue weighted by atomic mass is 9.76. The van der Waals surface area contributed by atoms with Crippen molar-refractivity contribution >= 4 is 17.1 Å². The Balaban J connectivity index is 2.06. The third-order valence-corrected chi connectivity index (χ3v) is 4.69. The van der Waals surface area contributed by atoms with Gasteiger partial charge in [-0.25, -0.2) is 0 Å². The third kappa shape index (κ3) is 3.01. The fourth-order valence-corrected chi connectivity index (χ4v) is 3.42. The van der Waals surface area contributed by atoms with E-state index in [0.717, 1.165) is 37.2 Å². The molecular formula is C15H22O2S. The molecular weight excluding hydrogens is 244 g/mol. The summed E-state index contributed by atoms with van der Waals surface area (Å²) in [6.45, 7) is 4.88. The van der Waals surface area contributed by atoms with Crippen molar-refractivity contribution in [2.45, 2.75) is 51.6 Å². The molecule has 0 unspecified atom stereocenters. The SMILES string of the molecule is CCOC1(C(=O)Cc2ccsc2)CCC(C)CC1. The lowest BCUT2D eigenvalue weighted by Gasteiger charge is -2.37. The van der Waals surface area contributed by atoms with Crippen molar-refractivity contribution in [3.05, 3.63) is 22.4 Å². The van der Waals surface area contributed by atoms with E-state index in [1.165, 1.54) is 0 Å². The number of thiophene rings is 1. The summed E-state index contributed by atoms with van der Waals surface area (Å²) < 4.78 is 5.88. The molecule has 18 heavy (non-hydrogen) atoms. The highest BCUT2D eigenvalue weighted by Gasteiger charge is 2.41. The maximum absolute atomic E-state index is 12.6. The summed E-state index contributed by atoms with van der Waals surface area (Å²) in [6.07, 6.45) is 4.53. The van der Waals surface area contributed by atoms with Gasteiger partial charge in [-0.3, -0.25) is 4.79 Å². The summed E-state index contributed by atoms with van der Waals surface area (Å²) in [5.74, 6) is 1.00. The van der Waals surface area contributed by atoms with E-state index in [4.69, 9.17) is 4.74 Å². The summed E-state index contributed by atoms with van der Waals surface area (Å²) >= 11 is 1.65. The number of Topliss-reactive ketones (excluding diaryl/α,β-unsaturated/α-hetero) is 1. The van der Waals surface area contributed by atoms with Crippen LogP contribution in [0.15, 0.2) is 16.8 Å². The van der Waals surface area contributed by atoms with Crippen LogP contribution in [0.2, 0.25) is 0 Å². The molecule has 1 aliphatic rings. The highest BCUT2D eigenvalue weighted by Crippen LogP contribution is 2.36. The predicted molar refractivity (Wildman–Crippen MR) is 75.0 cm³/mol. The fourth-order valence-electron chi connectivity index (χ4n) is 2.75. The minimum atomic E-state index is -0.497. The molecule has 0 bridgehead atoms. The molecule has 0 radical (unpaired) electrons. The van der Waals surface area contributed by atoms with Gasteiger partial charge in [-0.05, 0) is 60.9 Å². The molecule has 0 atom stereocenters. The highest BCUT2D eigenvalue weighted by molar-refractivity contribution is 7.08. The first-order valence-electron chi connectivity index (χ1n) is 6.84. The maximum atomic E-state index is 12.6. The zero-order valence-corrected chi connectivity index (χ0v) is 12.1. The summed E-state index contributed by atoms with van der Waals surface area (Å²) in [6, 6.07) is 2.04. The molecule has 1 fully saturated rings. The minimum Gasteiger partial charge on any atom is -0.367 e. The summed E-state index contributed by atoms with van der Waals surface area (Å²) in [4.78, 5) is 12.6. The zero-order valence-electron chi connectivity index (χ0n) is 11.3. The second-order valence-corrected chi connectivity index (χ2v) is 6.12. The number of ether oxygens (including phenoxy) is 1. The molecule has 0 aliphatic heterocycles. The Hall–Kier alpha value is -0.670. The van der Waals surface area contributed by atoms with Gasteiger partial charge < -0.3 is 4.74 Å². The molecule has 0 amide bonds. The van der Waals surface area contributed by atoms with E-state index in [-0.39, 0.29) is 5.78 Å². The van der Waals surface area contributed by atoms with Crippen molar-refractivity contribution in [1.29, 1.82) is 0 Å². The normalized spacial score (nSPS) is 28.2. The van der Waals surface area contributed by atoms with E-state index in [2.05, 4.69) is 12.3 Å². The summed E-state index contributed by atoms with van der Waals surface area (Å²) in [5, 5.41) is 4.09. The van der Waals surface area contributed by atoms with Gasteiger partial charge in [0.15, 0.2) is 5.78 Å². The van der Waals surface area contributed by atoms with E-state index in [9.17, 15) is 4.79 Å². The second-order valence-electron chi connectivity index (χ2n) is 5.34. The van der Waals surface area contributed by atoms with E-state index >= 15 is 0 Å². The summed E-state index contributed by atoms with van der Waals surface area (Å²) in [7, 11) is 0. The van der Waals surface area contributed by atoms with Gasteiger partial charge in [0.05, 0.1) is 0 Å². The van der Waals surface area contributed by atoms with Crippen LogP contribution < -0.4 is 0 Å². The van der Waals surface area contributed by atoms with E-state index in [1.54, 1.807) is 11.3 Å². The maximum Gasteiger partial charge on any atom is 0.168 e. The molecule has 2 rings (SSSR count). The molecule has 1 aromatic heterocycles. The Morgan fingerprint density at radius 1 is 1.50 bits per heavy atom. The Morgan fingerprint density at radius 2 is 2.22 bits per heavy atom. The van der Waals surface area contributed by atoms with Gasteiger partial charge >= 0.3 is 0 Å². The van der Waals surface area contributed by atoms with Crippen LogP contribution in [0.5, 0.6) is 0 Å². The lowest BCUT2D eigenvalue weighted by molar-refractivity contribution is -0.149.